The van der Waals surface area contributed by atoms with Gasteiger partial charge in [-0.05, 0) is 23.6 Å². The molecule has 0 aliphatic carbocycles. The molecule has 5 heteroatoms. The van der Waals surface area contributed by atoms with Crippen molar-refractivity contribution >= 4 is 22.9 Å². The molecule has 0 aliphatic rings. The highest BCUT2D eigenvalue weighted by atomic mass is 35.5. The van der Waals surface area contributed by atoms with Gasteiger partial charge in [0.25, 0.3) is 0 Å². The Morgan fingerprint density at radius 2 is 2.19 bits per heavy atom. The summed E-state index contributed by atoms with van der Waals surface area (Å²) in [7, 11) is 0. The normalized spacial score (nSPS) is 10.6. The van der Waals surface area contributed by atoms with Gasteiger partial charge in [-0.1, -0.05) is 17.7 Å². The zero-order valence-electron chi connectivity index (χ0n) is 8.60. The maximum Gasteiger partial charge on any atom is 0.151 e. The Bertz CT molecular complexity index is 416. The van der Waals surface area contributed by atoms with Gasteiger partial charge in [0.05, 0.1) is 18.9 Å². The van der Waals surface area contributed by atoms with Crippen molar-refractivity contribution in [1.82, 2.24) is 10.2 Å². The third-order valence-electron chi connectivity index (χ3n) is 2.01. The van der Waals surface area contributed by atoms with E-state index in [0.29, 0.717) is 18.4 Å². The molecule has 0 aliphatic heterocycles. The summed E-state index contributed by atoms with van der Waals surface area (Å²) in [5.74, 6) is 0. The Morgan fingerprint density at radius 1 is 1.25 bits per heavy atom. The quantitative estimate of drug-likeness (QED) is 0.770. The van der Waals surface area contributed by atoms with Gasteiger partial charge in [-0.3, -0.25) is 0 Å². The van der Waals surface area contributed by atoms with E-state index < -0.39 is 0 Å². The highest BCUT2D eigenvalue weighted by Gasteiger charge is 1.97. The third-order valence-corrected chi connectivity index (χ3v) is 3.15. The van der Waals surface area contributed by atoms with Gasteiger partial charge in [0.2, 0.25) is 0 Å². The number of thiophene rings is 1. The number of hydrogen-bond acceptors (Lipinski definition) is 4. The van der Waals surface area contributed by atoms with Crippen LogP contribution >= 0.6 is 22.9 Å². The first kappa shape index (κ1) is 11.5. The number of ether oxygens (including phenoxy) is 1. The first-order chi connectivity index (χ1) is 7.84. The summed E-state index contributed by atoms with van der Waals surface area (Å²) in [4.78, 5) is 1.34. The number of hydrogen-bond donors (Lipinski definition) is 0. The van der Waals surface area contributed by atoms with Gasteiger partial charge in [-0.15, -0.1) is 16.4 Å². The largest absolute Gasteiger partial charge is 0.375 e. The first-order valence-electron chi connectivity index (χ1n) is 4.93. The van der Waals surface area contributed by atoms with E-state index in [1.165, 1.54) is 4.88 Å². The van der Waals surface area contributed by atoms with Crippen molar-refractivity contribution in [2.45, 2.75) is 13.0 Å². The molecular weight excluding hydrogens is 244 g/mol. The number of rotatable bonds is 5. The molecule has 0 fully saturated rings. The predicted octanol–water partition coefficient (Wildman–Crippen LogP) is 2.95. The Labute approximate surface area is 103 Å². The van der Waals surface area contributed by atoms with E-state index in [4.69, 9.17) is 16.3 Å². The van der Waals surface area contributed by atoms with Crippen molar-refractivity contribution in [3.8, 4) is 0 Å². The maximum atomic E-state index is 5.63. The molecular formula is C11H11ClN2OS. The molecule has 2 rings (SSSR count). The van der Waals surface area contributed by atoms with Crippen LogP contribution in [0.4, 0.5) is 0 Å². The number of halogens is 1. The van der Waals surface area contributed by atoms with Crippen molar-refractivity contribution in [2.75, 3.05) is 6.61 Å². The van der Waals surface area contributed by atoms with Crippen molar-refractivity contribution < 1.29 is 4.74 Å². The lowest BCUT2D eigenvalue weighted by Crippen LogP contribution is -2.00. The lowest BCUT2D eigenvalue weighted by atomic mass is 10.3. The van der Waals surface area contributed by atoms with E-state index in [2.05, 4.69) is 21.6 Å². The minimum absolute atomic E-state index is 0.405. The predicted molar refractivity (Wildman–Crippen MR) is 64.7 cm³/mol. The van der Waals surface area contributed by atoms with Crippen molar-refractivity contribution in [3.63, 3.8) is 0 Å². The van der Waals surface area contributed by atoms with Gasteiger partial charge in [0.1, 0.15) is 0 Å². The van der Waals surface area contributed by atoms with Crippen LogP contribution in [0.25, 0.3) is 0 Å². The molecule has 2 aromatic rings. The van der Waals surface area contributed by atoms with E-state index in [0.717, 1.165) is 12.1 Å². The zero-order valence-corrected chi connectivity index (χ0v) is 10.2. The molecule has 0 radical (unpaired) electrons. The molecule has 0 saturated carbocycles. The minimum Gasteiger partial charge on any atom is -0.375 e. The molecule has 2 aromatic heterocycles. The molecule has 0 atom stereocenters. The summed E-state index contributed by atoms with van der Waals surface area (Å²) in [5, 5.41) is 10.1. The maximum absolute atomic E-state index is 5.63. The molecule has 3 nitrogen and oxygen atoms in total. The number of nitrogens with zero attached hydrogens (tertiary/aromatic N) is 2. The van der Waals surface area contributed by atoms with Crippen molar-refractivity contribution in [2.24, 2.45) is 0 Å². The SMILES string of the molecule is Clc1ccc(COCCc2cccs2)nn1. The van der Waals surface area contributed by atoms with Crippen LogP contribution in [-0.4, -0.2) is 16.8 Å². The van der Waals surface area contributed by atoms with Crippen LogP contribution in [0, 0.1) is 0 Å². The Kier molecular flexibility index (Phi) is 4.27. The molecule has 0 unspecified atom stereocenters. The van der Waals surface area contributed by atoms with Crippen LogP contribution in [0.3, 0.4) is 0 Å². The van der Waals surface area contributed by atoms with Crippen LogP contribution in [0.15, 0.2) is 29.6 Å². The van der Waals surface area contributed by atoms with E-state index in [1.807, 2.05) is 12.1 Å². The summed E-state index contributed by atoms with van der Waals surface area (Å²) >= 11 is 7.37. The van der Waals surface area contributed by atoms with Gasteiger partial charge < -0.3 is 4.74 Å². The third kappa shape index (κ3) is 3.56. The molecule has 0 aromatic carbocycles. The van der Waals surface area contributed by atoms with Gasteiger partial charge in [0, 0.05) is 11.3 Å². The second-order valence-corrected chi connectivity index (χ2v) is 4.65. The highest BCUT2D eigenvalue weighted by Crippen LogP contribution is 2.09. The van der Waals surface area contributed by atoms with Crippen LogP contribution in [0.2, 0.25) is 5.15 Å². The summed E-state index contributed by atoms with van der Waals surface area (Å²) in [6, 6.07) is 7.69. The second kappa shape index (κ2) is 5.94. The highest BCUT2D eigenvalue weighted by molar-refractivity contribution is 7.09. The Balaban J connectivity index is 1.70. The van der Waals surface area contributed by atoms with Crippen LogP contribution in [0.5, 0.6) is 0 Å². The molecule has 2 heterocycles. The lowest BCUT2D eigenvalue weighted by molar-refractivity contribution is 0.121. The minimum atomic E-state index is 0.405. The summed E-state index contributed by atoms with van der Waals surface area (Å²) < 4.78 is 5.49. The van der Waals surface area contributed by atoms with E-state index in [9.17, 15) is 0 Å². The fourth-order valence-corrected chi connectivity index (χ4v) is 2.02. The molecule has 0 bridgehead atoms. The number of aromatic nitrogens is 2. The topological polar surface area (TPSA) is 35.0 Å². The summed E-state index contributed by atoms with van der Waals surface area (Å²) in [5.41, 5.74) is 0.801. The lowest BCUT2D eigenvalue weighted by Gasteiger charge is -2.01. The zero-order chi connectivity index (χ0) is 11.2. The molecule has 0 saturated heterocycles. The second-order valence-electron chi connectivity index (χ2n) is 3.23. The average Bonchev–Trinajstić information content (AvgIpc) is 2.80. The standard InChI is InChI=1S/C11H11ClN2OS/c12-11-4-3-9(13-14-11)8-15-6-5-10-2-1-7-16-10/h1-4,7H,5-6,8H2. The fourth-order valence-electron chi connectivity index (χ4n) is 1.22. The Hall–Kier alpha value is -0.970. The monoisotopic (exact) mass is 254 g/mol. The van der Waals surface area contributed by atoms with Crippen LogP contribution in [-0.2, 0) is 17.8 Å². The van der Waals surface area contributed by atoms with Crippen molar-refractivity contribution in [3.05, 3.63) is 45.4 Å². The smallest absolute Gasteiger partial charge is 0.151 e. The van der Waals surface area contributed by atoms with Crippen molar-refractivity contribution in [1.29, 1.82) is 0 Å². The summed E-state index contributed by atoms with van der Waals surface area (Å²) in [6.45, 7) is 1.18. The summed E-state index contributed by atoms with van der Waals surface area (Å²) in [6.07, 6.45) is 0.943. The fraction of sp³-hybridized carbons (Fsp3) is 0.273. The molecule has 0 N–H and O–H groups in total. The van der Waals surface area contributed by atoms with Crippen LogP contribution < -0.4 is 0 Å². The van der Waals surface area contributed by atoms with E-state index >= 15 is 0 Å². The van der Waals surface area contributed by atoms with Gasteiger partial charge in [-0.2, -0.15) is 5.10 Å². The van der Waals surface area contributed by atoms with E-state index in [-0.39, 0.29) is 0 Å². The molecule has 16 heavy (non-hydrogen) atoms. The van der Waals surface area contributed by atoms with Gasteiger partial charge in [-0.25, -0.2) is 0 Å². The average molecular weight is 255 g/mol. The van der Waals surface area contributed by atoms with E-state index in [1.54, 1.807) is 17.4 Å². The molecule has 0 spiro atoms. The molecule has 0 amide bonds. The van der Waals surface area contributed by atoms with Crippen LogP contribution in [0.1, 0.15) is 10.6 Å². The molecule has 84 valence electrons. The van der Waals surface area contributed by atoms with Gasteiger partial charge >= 0.3 is 0 Å². The Morgan fingerprint density at radius 3 is 2.88 bits per heavy atom. The van der Waals surface area contributed by atoms with Gasteiger partial charge in [0.15, 0.2) is 5.15 Å². The first-order valence-corrected chi connectivity index (χ1v) is 6.18.